The first kappa shape index (κ1) is 20.1. The van der Waals surface area contributed by atoms with Gasteiger partial charge in [-0.2, -0.15) is 5.10 Å². The SMILES string of the molecule is CNC1=CS(=O)(=O)N(C)c2c1nn(-c1ccc(Cl)cc1Cl)c2-c1ccc(Cl)cc1. The average Bonchev–Trinajstić information content (AvgIpc) is 3.05. The van der Waals surface area contributed by atoms with Crippen molar-refractivity contribution in [3.05, 3.63) is 68.6 Å². The maximum Gasteiger partial charge on any atom is 0.259 e. The van der Waals surface area contributed by atoms with Gasteiger partial charge >= 0.3 is 0 Å². The standard InChI is InChI=1S/C19H15Cl3N4O2S/c1-23-15-10-29(27,28)25(2)19-17(15)24-26(16-8-7-13(21)9-14(16)22)18(19)11-3-5-12(20)6-4-11/h3-10,23H,1-2H3. The van der Waals surface area contributed by atoms with Crippen molar-refractivity contribution in [3.63, 3.8) is 0 Å². The first-order valence-corrected chi connectivity index (χ1v) is 11.1. The Morgan fingerprint density at radius 1 is 1.00 bits per heavy atom. The molecular formula is C19H15Cl3N4O2S. The molecule has 0 aliphatic carbocycles. The van der Waals surface area contributed by atoms with Gasteiger partial charge in [0.25, 0.3) is 10.0 Å². The number of aromatic nitrogens is 2. The molecule has 0 radical (unpaired) electrons. The molecule has 0 unspecified atom stereocenters. The van der Waals surface area contributed by atoms with Crippen molar-refractivity contribution < 1.29 is 8.42 Å². The normalized spacial score (nSPS) is 15.1. The van der Waals surface area contributed by atoms with Crippen LogP contribution in [0.4, 0.5) is 5.69 Å². The molecule has 29 heavy (non-hydrogen) atoms. The number of nitrogens with one attached hydrogen (secondary N) is 1. The van der Waals surface area contributed by atoms with Crippen LogP contribution in [0.5, 0.6) is 0 Å². The van der Waals surface area contributed by atoms with E-state index in [1.807, 2.05) is 0 Å². The summed E-state index contributed by atoms with van der Waals surface area (Å²) in [4.78, 5) is 0. The zero-order valence-corrected chi connectivity index (χ0v) is 18.4. The van der Waals surface area contributed by atoms with Crippen LogP contribution in [0.3, 0.4) is 0 Å². The van der Waals surface area contributed by atoms with Crippen molar-refractivity contribution >= 4 is 56.2 Å². The number of anilines is 1. The minimum absolute atomic E-state index is 0.382. The summed E-state index contributed by atoms with van der Waals surface area (Å²) in [5.74, 6) is 0. The highest BCUT2D eigenvalue weighted by Gasteiger charge is 2.34. The second-order valence-corrected chi connectivity index (χ2v) is 9.45. The number of benzene rings is 2. The molecule has 0 saturated carbocycles. The van der Waals surface area contributed by atoms with E-state index in [0.29, 0.717) is 43.5 Å². The number of sulfonamides is 1. The molecule has 1 aliphatic rings. The Kier molecular flexibility index (Phi) is 5.02. The summed E-state index contributed by atoms with van der Waals surface area (Å²) in [6.07, 6.45) is 0. The van der Waals surface area contributed by atoms with Crippen LogP contribution in [0.15, 0.2) is 47.9 Å². The van der Waals surface area contributed by atoms with Crippen molar-refractivity contribution in [3.8, 4) is 16.9 Å². The van der Waals surface area contributed by atoms with E-state index in [2.05, 4.69) is 5.32 Å². The van der Waals surface area contributed by atoms with Gasteiger partial charge in [-0.05, 0) is 30.3 Å². The summed E-state index contributed by atoms with van der Waals surface area (Å²) in [7, 11) is -0.548. The van der Waals surface area contributed by atoms with Crippen molar-refractivity contribution in [2.45, 2.75) is 0 Å². The Labute approximate surface area is 183 Å². The van der Waals surface area contributed by atoms with Gasteiger partial charge in [-0.1, -0.05) is 46.9 Å². The number of nitrogens with zero attached hydrogens (tertiary/aromatic N) is 3. The number of halogens is 3. The molecule has 0 atom stereocenters. The summed E-state index contributed by atoms with van der Waals surface area (Å²) in [6, 6.07) is 12.1. The molecule has 1 N–H and O–H groups in total. The monoisotopic (exact) mass is 468 g/mol. The van der Waals surface area contributed by atoms with Crippen molar-refractivity contribution in [2.24, 2.45) is 0 Å². The molecule has 0 amide bonds. The number of fused-ring (bicyclic) bond motifs is 1. The Bertz CT molecular complexity index is 1250. The predicted octanol–water partition coefficient (Wildman–Crippen LogP) is 4.80. The Hall–Kier alpha value is -2.19. The van der Waals surface area contributed by atoms with E-state index in [9.17, 15) is 8.42 Å². The third kappa shape index (κ3) is 3.38. The van der Waals surface area contributed by atoms with Gasteiger partial charge in [-0.15, -0.1) is 0 Å². The fourth-order valence-corrected chi connectivity index (χ4v) is 4.90. The van der Waals surface area contributed by atoms with E-state index in [-0.39, 0.29) is 0 Å². The van der Waals surface area contributed by atoms with Crippen LogP contribution < -0.4 is 9.62 Å². The fraction of sp³-hybridized carbons (Fsp3) is 0.105. The van der Waals surface area contributed by atoms with Gasteiger partial charge in [0.15, 0.2) is 0 Å². The van der Waals surface area contributed by atoms with E-state index in [4.69, 9.17) is 39.9 Å². The van der Waals surface area contributed by atoms with E-state index >= 15 is 0 Å². The second-order valence-electron chi connectivity index (χ2n) is 6.35. The molecule has 1 aliphatic heterocycles. The topological polar surface area (TPSA) is 67.2 Å². The van der Waals surface area contributed by atoms with E-state index < -0.39 is 10.0 Å². The van der Waals surface area contributed by atoms with Gasteiger partial charge in [-0.3, -0.25) is 4.31 Å². The molecule has 10 heteroatoms. The number of hydrogen-bond acceptors (Lipinski definition) is 4. The summed E-state index contributed by atoms with van der Waals surface area (Å²) in [6.45, 7) is 0. The van der Waals surface area contributed by atoms with Crippen molar-refractivity contribution in [2.75, 3.05) is 18.4 Å². The lowest BCUT2D eigenvalue weighted by Crippen LogP contribution is -2.30. The lowest BCUT2D eigenvalue weighted by atomic mass is 10.1. The van der Waals surface area contributed by atoms with Crippen molar-refractivity contribution in [1.29, 1.82) is 0 Å². The Morgan fingerprint density at radius 2 is 1.66 bits per heavy atom. The van der Waals surface area contributed by atoms with Gasteiger partial charge in [0.1, 0.15) is 11.4 Å². The summed E-state index contributed by atoms with van der Waals surface area (Å²) >= 11 is 18.5. The minimum atomic E-state index is -3.69. The molecule has 0 spiro atoms. The van der Waals surface area contributed by atoms with Crippen LogP contribution in [-0.2, 0) is 10.0 Å². The first-order valence-electron chi connectivity index (χ1n) is 8.46. The lowest BCUT2D eigenvalue weighted by Gasteiger charge is -2.24. The Morgan fingerprint density at radius 3 is 2.28 bits per heavy atom. The van der Waals surface area contributed by atoms with Crippen LogP contribution in [0.25, 0.3) is 22.6 Å². The zero-order valence-electron chi connectivity index (χ0n) is 15.3. The molecule has 4 rings (SSSR count). The van der Waals surface area contributed by atoms with Gasteiger partial charge in [-0.25, -0.2) is 13.1 Å². The van der Waals surface area contributed by atoms with Crippen LogP contribution in [0.1, 0.15) is 5.69 Å². The van der Waals surface area contributed by atoms with E-state index in [1.54, 1.807) is 54.2 Å². The fourth-order valence-electron chi connectivity index (χ4n) is 3.17. The van der Waals surface area contributed by atoms with Crippen LogP contribution in [0, 0.1) is 0 Å². The summed E-state index contributed by atoms with van der Waals surface area (Å²) < 4.78 is 28.3. The molecular weight excluding hydrogens is 455 g/mol. The molecule has 2 heterocycles. The van der Waals surface area contributed by atoms with Crippen molar-refractivity contribution in [1.82, 2.24) is 15.1 Å². The number of hydrogen-bond donors (Lipinski definition) is 1. The minimum Gasteiger partial charge on any atom is -0.386 e. The molecule has 0 saturated heterocycles. The molecule has 0 bridgehead atoms. The maximum absolute atomic E-state index is 12.7. The van der Waals surface area contributed by atoms with Gasteiger partial charge < -0.3 is 5.32 Å². The zero-order chi connectivity index (χ0) is 20.9. The molecule has 1 aromatic heterocycles. The van der Waals surface area contributed by atoms with Crippen LogP contribution >= 0.6 is 34.8 Å². The highest BCUT2D eigenvalue weighted by atomic mass is 35.5. The smallest absolute Gasteiger partial charge is 0.259 e. The quantitative estimate of drug-likeness (QED) is 0.598. The molecule has 3 aromatic rings. The average molecular weight is 470 g/mol. The van der Waals surface area contributed by atoms with Gasteiger partial charge in [0.05, 0.1) is 27.5 Å². The van der Waals surface area contributed by atoms with Crippen LogP contribution in [0.2, 0.25) is 15.1 Å². The Balaban J connectivity index is 2.10. The molecule has 0 fully saturated rings. The highest BCUT2D eigenvalue weighted by Crippen LogP contribution is 2.43. The molecule has 150 valence electrons. The maximum atomic E-state index is 12.7. The lowest BCUT2D eigenvalue weighted by molar-refractivity contribution is 0.602. The summed E-state index contributed by atoms with van der Waals surface area (Å²) in [5, 5.41) is 10.2. The predicted molar refractivity (Wildman–Crippen MR) is 118 cm³/mol. The first-order chi connectivity index (χ1) is 13.7. The van der Waals surface area contributed by atoms with E-state index in [0.717, 1.165) is 11.0 Å². The van der Waals surface area contributed by atoms with Gasteiger partial charge in [0.2, 0.25) is 0 Å². The second kappa shape index (κ2) is 7.25. The van der Waals surface area contributed by atoms with Crippen LogP contribution in [-0.4, -0.2) is 32.3 Å². The van der Waals surface area contributed by atoms with E-state index in [1.165, 1.54) is 11.4 Å². The third-order valence-corrected chi connectivity index (χ3v) is 6.87. The summed E-state index contributed by atoms with van der Waals surface area (Å²) in [5.41, 5.74) is 3.17. The largest absolute Gasteiger partial charge is 0.386 e. The highest BCUT2D eigenvalue weighted by molar-refractivity contribution is 7.95. The molecule has 6 nitrogen and oxygen atoms in total. The number of rotatable bonds is 3. The third-order valence-electron chi connectivity index (χ3n) is 4.60. The molecule has 2 aromatic carbocycles. The van der Waals surface area contributed by atoms with Gasteiger partial charge in [0, 0.05) is 29.7 Å².